The predicted molar refractivity (Wildman–Crippen MR) is 132 cm³/mol. The van der Waals surface area contributed by atoms with E-state index in [4.69, 9.17) is 9.47 Å². The van der Waals surface area contributed by atoms with Gasteiger partial charge in [-0.3, -0.25) is 4.79 Å². The van der Waals surface area contributed by atoms with Gasteiger partial charge >= 0.3 is 5.97 Å². The maximum absolute atomic E-state index is 12.9. The second-order valence-corrected chi connectivity index (χ2v) is 9.07. The zero-order valence-corrected chi connectivity index (χ0v) is 20.6. The molecular weight excluding hydrogens is 452 g/mol. The fourth-order valence-electron chi connectivity index (χ4n) is 3.50. The maximum Gasteiger partial charge on any atom is 0.333 e. The topological polar surface area (TPSA) is 97.8 Å². The van der Waals surface area contributed by atoms with Crippen molar-refractivity contribution in [1.82, 2.24) is 10.3 Å². The van der Waals surface area contributed by atoms with Gasteiger partial charge in [-0.2, -0.15) is 0 Å². The lowest BCUT2D eigenvalue weighted by molar-refractivity contribution is -0.153. The minimum atomic E-state index is -1.01. The zero-order valence-electron chi connectivity index (χ0n) is 19.8. The highest BCUT2D eigenvalue weighted by atomic mass is 32.1. The summed E-state index contributed by atoms with van der Waals surface area (Å²) in [6, 6.07) is 15.2. The molecule has 0 fully saturated rings. The molecule has 0 spiro atoms. The summed E-state index contributed by atoms with van der Waals surface area (Å²) in [5.41, 5.74) is 3.21. The Hall–Kier alpha value is -3.23. The summed E-state index contributed by atoms with van der Waals surface area (Å²) in [6.45, 7) is 8.04. The molecule has 1 heterocycles. The Morgan fingerprint density at radius 2 is 1.88 bits per heavy atom. The smallest absolute Gasteiger partial charge is 0.333 e. The molecule has 0 aliphatic heterocycles. The Kier molecular flexibility index (Phi) is 8.79. The number of hydrogen-bond acceptors (Lipinski definition) is 6. The molecule has 1 unspecified atom stereocenters. The molecule has 1 atom stereocenters. The van der Waals surface area contributed by atoms with Gasteiger partial charge < -0.3 is 19.9 Å². The number of rotatable bonds is 11. The van der Waals surface area contributed by atoms with Crippen molar-refractivity contribution in [2.75, 3.05) is 6.61 Å². The van der Waals surface area contributed by atoms with E-state index in [-0.39, 0.29) is 25.0 Å². The molecule has 0 bridgehead atoms. The van der Waals surface area contributed by atoms with Crippen LogP contribution in [-0.4, -0.2) is 40.8 Å². The van der Waals surface area contributed by atoms with Crippen LogP contribution < -0.4 is 10.1 Å². The molecule has 0 aliphatic rings. The highest BCUT2D eigenvalue weighted by molar-refractivity contribution is 7.17. The number of aryl methyl sites for hydroxylation is 1. The van der Waals surface area contributed by atoms with Crippen molar-refractivity contribution in [2.45, 2.75) is 52.9 Å². The van der Waals surface area contributed by atoms with E-state index in [0.717, 1.165) is 21.7 Å². The first-order valence-electron chi connectivity index (χ1n) is 11.2. The van der Waals surface area contributed by atoms with E-state index in [1.807, 2.05) is 56.3 Å². The Morgan fingerprint density at radius 1 is 1.15 bits per heavy atom. The summed E-state index contributed by atoms with van der Waals surface area (Å²) < 4.78 is 11.3. The van der Waals surface area contributed by atoms with Gasteiger partial charge in [-0.25, -0.2) is 9.78 Å². The van der Waals surface area contributed by atoms with Crippen molar-refractivity contribution in [3.8, 4) is 16.3 Å². The SMILES string of the molecule is CCOc1ccc(CC(OC(C)C)C(=O)O)cc1CNC(=O)c1sc(-c2ccccc2)nc1C. The fourth-order valence-corrected chi connectivity index (χ4v) is 4.49. The van der Waals surface area contributed by atoms with Crippen molar-refractivity contribution in [3.63, 3.8) is 0 Å². The van der Waals surface area contributed by atoms with Crippen LogP contribution in [0, 0.1) is 6.92 Å². The van der Waals surface area contributed by atoms with Crippen LogP contribution in [0.4, 0.5) is 0 Å². The molecule has 0 saturated carbocycles. The zero-order chi connectivity index (χ0) is 24.7. The largest absolute Gasteiger partial charge is 0.494 e. The molecule has 3 aromatic rings. The number of carbonyl (C=O) groups excluding carboxylic acids is 1. The van der Waals surface area contributed by atoms with Crippen molar-refractivity contribution in [1.29, 1.82) is 0 Å². The van der Waals surface area contributed by atoms with E-state index in [1.54, 1.807) is 19.9 Å². The van der Waals surface area contributed by atoms with Gasteiger partial charge in [0.25, 0.3) is 5.91 Å². The Labute approximate surface area is 203 Å². The molecule has 1 amide bonds. The molecule has 34 heavy (non-hydrogen) atoms. The number of nitrogens with zero attached hydrogens (tertiary/aromatic N) is 1. The van der Waals surface area contributed by atoms with Crippen LogP contribution in [0.25, 0.3) is 10.6 Å². The minimum absolute atomic E-state index is 0.203. The van der Waals surface area contributed by atoms with Gasteiger partial charge in [-0.1, -0.05) is 42.5 Å². The molecular formula is C26H30N2O5S. The summed E-state index contributed by atoms with van der Waals surface area (Å²) >= 11 is 1.35. The molecule has 3 rings (SSSR count). The average molecular weight is 483 g/mol. The fraction of sp³-hybridized carbons (Fsp3) is 0.346. The van der Waals surface area contributed by atoms with Crippen LogP contribution in [-0.2, 0) is 22.5 Å². The molecule has 1 aromatic heterocycles. The third kappa shape index (κ3) is 6.65. The minimum Gasteiger partial charge on any atom is -0.494 e. The van der Waals surface area contributed by atoms with E-state index in [2.05, 4.69) is 10.3 Å². The van der Waals surface area contributed by atoms with E-state index >= 15 is 0 Å². The molecule has 2 aromatic carbocycles. The number of hydrogen-bond donors (Lipinski definition) is 2. The molecule has 2 N–H and O–H groups in total. The second kappa shape index (κ2) is 11.8. The lowest BCUT2D eigenvalue weighted by atomic mass is 10.0. The van der Waals surface area contributed by atoms with Gasteiger partial charge in [-0.15, -0.1) is 11.3 Å². The van der Waals surface area contributed by atoms with E-state index in [1.165, 1.54) is 11.3 Å². The van der Waals surface area contributed by atoms with Crippen molar-refractivity contribution in [2.24, 2.45) is 0 Å². The third-order valence-corrected chi connectivity index (χ3v) is 6.23. The van der Waals surface area contributed by atoms with Crippen LogP contribution >= 0.6 is 11.3 Å². The Bertz CT molecular complexity index is 1130. The number of amides is 1. The van der Waals surface area contributed by atoms with E-state index < -0.39 is 12.1 Å². The van der Waals surface area contributed by atoms with E-state index in [0.29, 0.717) is 22.9 Å². The lowest BCUT2D eigenvalue weighted by Crippen LogP contribution is -2.29. The van der Waals surface area contributed by atoms with Crippen LogP contribution in [0.15, 0.2) is 48.5 Å². The van der Waals surface area contributed by atoms with Crippen LogP contribution in [0.5, 0.6) is 5.75 Å². The van der Waals surface area contributed by atoms with Gasteiger partial charge in [0.1, 0.15) is 15.6 Å². The van der Waals surface area contributed by atoms with Crippen LogP contribution in [0.1, 0.15) is 47.3 Å². The first-order chi connectivity index (χ1) is 16.3. The number of carbonyl (C=O) groups is 2. The molecule has 8 heteroatoms. The third-order valence-electron chi connectivity index (χ3n) is 5.02. The number of thiazole rings is 1. The average Bonchev–Trinajstić information content (AvgIpc) is 3.20. The highest BCUT2D eigenvalue weighted by Crippen LogP contribution is 2.28. The summed E-state index contributed by atoms with van der Waals surface area (Å²) in [7, 11) is 0. The molecule has 0 radical (unpaired) electrons. The number of aliphatic carboxylic acids is 1. The lowest BCUT2D eigenvalue weighted by Gasteiger charge is -2.18. The van der Waals surface area contributed by atoms with Crippen molar-refractivity contribution in [3.05, 3.63) is 70.2 Å². The van der Waals surface area contributed by atoms with Gasteiger partial charge in [0.15, 0.2) is 6.10 Å². The van der Waals surface area contributed by atoms with Crippen LogP contribution in [0.3, 0.4) is 0 Å². The standard InChI is InChI=1S/C26H30N2O5S/c1-5-32-21-12-11-18(14-22(26(30)31)33-16(2)3)13-20(21)15-27-24(29)23-17(4)28-25(34-23)19-9-7-6-8-10-19/h6-13,16,22H,5,14-15H2,1-4H3,(H,27,29)(H,30,31). The summed E-state index contributed by atoms with van der Waals surface area (Å²) in [4.78, 5) is 29.7. The molecule has 7 nitrogen and oxygen atoms in total. The number of carboxylic acid groups (broad SMARTS) is 1. The normalized spacial score (nSPS) is 11.9. The van der Waals surface area contributed by atoms with Gasteiger partial charge in [0, 0.05) is 24.1 Å². The Balaban J connectivity index is 1.76. The predicted octanol–water partition coefficient (Wildman–Crippen LogP) is 4.87. The van der Waals surface area contributed by atoms with Gasteiger partial charge in [0.2, 0.25) is 0 Å². The summed E-state index contributed by atoms with van der Waals surface area (Å²) in [5.74, 6) is -0.571. The molecule has 0 aliphatic carbocycles. The summed E-state index contributed by atoms with van der Waals surface area (Å²) in [6.07, 6.45) is -0.933. The first kappa shape index (κ1) is 25.4. The van der Waals surface area contributed by atoms with E-state index in [9.17, 15) is 14.7 Å². The van der Waals surface area contributed by atoms with Crippen LogP contribution in [0.2, 0.25) is 0 Å². The highest BCUT2D eigenvalue weighted by Gasteiger charge is 2.21. The number of ether oxygens (including phenoxy) is 2. The number of nitrogens with one attached hydrogen (secondary N) is 1. The number of benzene rings is 2. The van der Waals surface area contributed by atoms with Gasteiger partial charge in [0.05, 0.1) is 18.4 Å². The first-order valence-corrected chi connectivity index (χ1v) is 12.0. The quantitative estimate of drug-likeness (QED) is 0.405. The molecule has 0 saturated heterocycles. The monoisotopic (exact) mass is 482 g/mol. The Morgan fingerprint density at radius 3 is 2.53 bits per heavy atom. The second-order valence-electron chi connectivity index (χ2n) is 8.07. The molecule has 180 valence electrons. The van der Waals surface area contributed by atoms with Crippen molar-refractivity contribution < 1.29 is 24.2 Å². The van der Waals surface area contributed by atoms with Crippen molar-refractivity contribution >= 4 is 23.2 Å². The summed E-state index contributed by atoms with van der Waals surface area (Å²) in [5, 5.41) is 13.2. The maximum atomic E-state index is 12.9. The number of aromatic nitrogens is 1. The number of carboxylic acids is 1. The van der Waals surface area contributed by atoms with Gasteiger partial charge in [-0.05, 0) is 39.3 Å².